The van der Waals surface area contributed by atoms with Gasteiger partial charge in [-0.3, -0.25) is 0 Å². The van der Waals surface area contributed by atoms with Gasteiger partial charge in [-0.2, -0.15) is 0 Å². The number of hydrogen-bond acceptors (Lipinski definition) is 4. The maximum Gasteiger partial charge on any atom is 0.320 e. The molecule has 0 fully saturated rings. The number of carbonyl (C=O) groups is 1. The zero-order chi connectivity index (χ0) is 20.9. The van der Waals surface area contributed by atoms with Gasteiger partial charge < -0.3 is 15.1 Å². The standard InChI is InChI=1S/C23H19ClN4O2/c1-15-14-18(12-13-19(15)24)25-23(29)26-20(16-8-4-2-5-9-16)22-28-27-21(30-22)17-10-6-3-7-11-17/h2-14,20H,1H3,(H2,25,26,29)/t20-/m0/s1. The molecule has 3 aromatic carbocycles. The summed E-state index contributed by atoms with van der Waals surface area (Å²) < 4.78 is 5.89. The van der Waals surface area contributed by atoms with E-state index in [1.54, 1.807) is 18.2 Å². The number of nitrogens with zero attached hydrogens (tertiary/aromatic N) is 2. The maximum absolute atomic E-state index is 12.7. The number of nitrogens with one attached hydrogen (secondary N) is 2. The predicted octanol–water partition coefficient (Wildman–Crippen LogP) is 5.61. The Morgan fingerprint density at radius 2 is 1.67 bits per heavy atom. The van der Waals surface area contributed by atoms with Gasteiger partial charge in [0.2, 0.25) is 11.8 Å². The summed E-state index contributed by atoms with van der Waals surface area (Å²) in [5.74, 6) is 0.685. The van der Waals surface area contributed by atoms with Gasteiger partial charge in [-0.25, -0.2) is 4.79 Å². The van der Waals surface area contributed by atoms with Crippen molar-refractivity contribution in [2.45, 2.75) is 13.0 Å². The topological polar surface area (TPSA) is 80.0 Å². The highest BCUT2D eigenvalue weighted by Gasteiger charge is 2.23. The SMILES string of the molecule is Cc1cc(NC(=O)N[C@@H](c2ccccc2)c2nnc(-c3ccccc3)o2)ccc1Cl. The van der Waals surface area contributed by atoms with Crippen LogP contribution in [0.25, 0.3) is 11.5 Å². The van der Waals surface area contributed by atoms with Gasteiger partial charge in [0, 0.05) is 16.3 Å². The van der Waals surface area contributed by atoms with E-state index < -0.39 is 12.1 Å². The molecule has 0 aliphatic carbocycles. The van der Waals surface area contributed by atoms with E-state index in [1.165, 1.54) is 0 Å². The molecular formula is C23H19ClN4O2. The molecule has 0 spiro atoms. The van der Waals surface area contributed by atoms with Crippen molar-refractivity contribution in [2.75, 3.05) is 5.32 Å². The molecule has 150 valence electrons. The molecule has 7 heteroatoms. The Bertz CT molecular complexity index is 1150. The van der Waals surface area contributed by atoms with E-state index in [1.807, 2.05) is 67.6 Å². The van der Waals surface area contributed by atoms with Gasteiger partial charge in [-0.15, -0.1) is 10.2 Å². The summed E-state index contributed by atoms with van der Waals surface area (Å²) in [6.45, 7) is 1.88. The lowest BCUT2D eigenvalue weighted by atomic mass is 10.1. The fraction of sp³-hybridized carbons (Fsp3) is 0.0870. The monoisotopic (exact) mass is 418 g/mol. The van der Waals surface area contributed by atoms with Crippen molar-refractivity contribution in [1.82, 2.24) is 15.5 Å². The Hall–Kier alpha value is -3.64. The second-order valence-corrected chi connectivity index (χ2v) is 7.12. The molecule has 1 heterocycles. The molecule has 4 rings (SSSR count). The lowest BCUT2D eigenvalue weighted by molar-refractivity contribution is 0.248. The van der Waals surface area contributed by atoms with E-state index in [4.69, 9.17) is 16.0 Å². The van der Waals surface area contributed by atoms with E-state index >= 15 is 0 Å². The Kier molecular flexibility index (Phi) is 5.77. The van der Waals surface area contributed by atoms with Crippen LogP contribution in [0.4, 0.5) is 10.5 Å². The number of urea groups is 1. The third-order valence-electron chi connectivity index (χ3n) is 4.53. The Labute approximate surface area is 178 Å². The molecule has 6 nitrogen and oxygen atoms in total. The van der Waals surface area contributed by atoms with E-state index in [2.05, 4.69) is 20.8 Å². The molecule has 0 radical (unpaired) electrons. The van der Waals surface area contributed by atoms with Crippen LogP contribution in [0.1, 0.15) is 23.1 Å². The molecule has 0 aliphatic rings. The fourth-order valence-electron chi connectivity index (χ4n) is 3.00. The van der Waals surface area contributed by atoms with E-state index in [0.29, 0.717) is 22.5 Å². The van der Waals surface area contributed by atoms with Crippen molar-refractivity contribution in [3.63, 3.8) is 0 Å². The normalized spacial score (nSPS) is 11.7. The van der Waals surface area contributed by atoms with Crippen molar-refractivity contribution >= 4 is 23.3 Å². The summed E-state index contributed by atoms with van der Waals surface area (Å²) >= 11 is 6.06. The molecule has 1 aromatic heterocycles. The number of carbonyl (C=O) groups excluding carboxylic acids is 1. The third-order valence-corrected chi connectivity index (χ3v) is 4.96. The third kappa shape index (κ3) is 4.50. The highest BCUT2D eigenvalue weighted by molar-refractivity contribution is 6.31. The largest absolute Gasteiger partial charge is 0.418 e. The Morgan fingerprint density at radius 1 is 0.967 bits per heavy atom. The van der Waals surface area contributed by atoms with Crippen LogP contribution in [0.5, 0.6) is 0 Å². The first-order valence-corrected chi connectivity index (χ1v) is 9.75. The second kappa shape index (κ2) is 8.80. The van der Waals surface area contributed by atoms with Crippen molar-refractivity contribution < 1.29 is 9.21 Å². The van der Waals surface area contributed by atoms with Crippen molar-refractivity contribution in [3.8, 4) is 11.5 Å². The van der Waals surface area contributed by atoms with Crippen molar-refractivity contribution in [2.24, 2.45) is 0 Å². The quantitative estimate of drug-likeness (QED) is 0.441. The first kappa shape index (κ1) is 19.7. The number of anilines is 1. The molecular weight excluding hydrogens is 400 g/mol. The molecule has 4 aromatic rings. The van der Waals surface area contributed by atoms with Gasteiger partial charge in [0.15, 0.2) is 0 Å². The molecule has 30 heavy (non-hydrogen) atoms. The second-order valence-electron chi connectivity index (χ2n) is 6.72. The predicted molar refractivity (Wildman–Crippen MR) is 116 cm³/mol. The van der Waals surface area contributed by atoms with Crippen LogP contribution in [0.15, 0.2) is 83.3 Å². The van der Waals surface area contributed by atoms with Crippen LogP contribution in [-0.4, -0.2) is 16.2 Å². The summed E-state index contributed by atoms with van der Waals surface area (Å²) in [5.41, 5.74) is 3.14. The molecule has 2 N–H and O–H groups in total. The lowest BCUT2D eigenvalue weighted by Crippen LogP contribution is -2.33. The minimum Gasteiger partial charge on any atom is -0.418 e. The van der Waals surface area contributed by atoms with Gasteiger partial charge in [-0.05, 0) is 48.4 Å². The van der Waals surface area contributed by atoms with Crippen LogP contribution in [-0.2, 0) is 0 Å². The van der Waals surface area contributed by atoms with Crippen LogP contribution in [0.3, 0.4) is 0 Å². The van der Waals surface area contributed by atoms with Crippen LogP contribution < -0.4 is 10.6 Å². The molecule has 0 bridgehead atoms. The van der Waals surface area contributed by atoms with Gasteiger partial charge in [-0.1, -0.05) is 60.1 Å². The minimum atomic E-state index is -0.607. The summed E-state index contributed by atoms with van der Waals surface area (Å²) in [6.07, 6.45) is 0. The molecule has 0 aliphatic heterocycles. The van der Waals surface area contributed by atoms with Crippen LogP contribution in [0.2, 0.25) is 5.02 Å². The highest BCUT2D eigenvalue weighted by Crippen LogP contribution is 2.25. The number of halogens is 1. The van der Waals surface area contributed by atoms with E-state index in [0.717, 1.165) is 16.7 Å². The van der Waals surface area contributed by atoms with Gasteiger partial charge in [0.25, 0.3) is 0 Å². The smallest absolute Gasteiger partial charge is 0.320 e. The van der Waals surface area contributed by atoms with Gasteiger partial charge in [0.1, 0.15) is 6.04 Å². The zero-order valence-electron chi connectivity index (χ0n) is 16.2. The first-order chi connectivity index (χ1) is 14.6. The van der Waals surface area contributed by atoms with Crippen LogP contribution in [0, 0.1) is 6.92 Å². The number of rotatable bonds is 5. The zero-order valence-corrected chi connectivity index (χ0v) is 16.9. The Morgan fingerprint density at radius 3 is 2.37 bits per heavy atom. The maximum atomic E-state index is 12.7. The van der Waals surface area contributed by atoms with E-state index in [-0.39, 0.29) is 0 Å². The van der Waals surface area contributed by atoms with Crippen molar-refractivity contribution in [3.05, 3.63) is 101 Å². The number of aromatic nitrogens is 2. The Balaban J connectivity index is 1.59. The van der Waals surface area contributed by atoms with E-state index in [9.17, 15) is 4.79 Å². The minimum absolute atomic E-state index is 0.294. The average Bonchev–Trinajstić information content (AvgIpc) is 3.26. The highest BCUT2D eigenvalue weighted by atomic mass is 35.5. The summed E-state index contributed by atoms with van der Waals surface area (Å²) in [6, 6.07) is 23.2. The number of aryl methyl sites for hydroxylation is 1. The number of benzene rings is 3. The number of hydrogen-bond donors (Lipinski definition) is 2. The molecule has 2 amide bonds. The van der Waals surface area contributed by atoms with Gasteiger partial charge >= 0.3 is 6.03 Å². The fourth-order valence-corrected chi connectivity index (χ4v) is 3.12. The first-order valence-electron chi connectivity index (χ1n) is 9.37. The van der Waals surface area contributed by atoms with Gasteiger partial charge in [0.05, 0.1) is 0 Å². The summed E-state index contributed by atoms with van der Waals surface area (Å²) in [4.78, 5) is 12.7. The summed E-state index contributed by atoms with van der Waals surface area (Å²) in [7, 11) is 0. The average molecular weight is 419 g/mol. The molecule has 0 saturated carbocycles. The van der Waals surface area contributed by atoms with Crippen molar-refractivity contribution in [1.29, 1.82) is 0 Å². The van der Waals surface area contributed by atoms with Crippen LogP contribution >= 0.6 is 11.6 Å². The molecule has 0 saturated heterocycles. The number of amides is 2. The lowest BCUT2D eigenvalue weighted by Gasteiger charge is -2.16. The molecule has 0 unspecified atom stereocenters. The molecule has 1 atom stereocenters. The summed E-state index contributed by atoms with van der Waals surface area (Å²) in [5, 5.41) is 14.7.